The number of hydrogen-bond donors (Lipinski definition) is 1. The van der Waals surface area contributed by atoms with Gasteiger partial charge in [-0.05, 0) is 41.8 Å². The van der Waals surface area contributed by atoms with Gasteiger partial charge in [0.05, 0.1) is 0 Å². The van der Waals surface area contributed by atoms with Crippen molar-refractivity contribution in [3.63, 3.8) is 0 Å². The Hall–Kier alpha value is -2.44. The number of unbranched alkanes of at least 4 members (excludes halogenated alkanes) is 1. The van der Waals surface area contributed by atoms with Gasteiger partial charge in [-0.1, -0.05) is 25.5 Å². The summed E-state index contributed by atoms with van der Waals surface area (Å²) >= 11 is 0. The zero-order valence-electron chi connectivity index (χ0n) is 15.3. The summed E-state index contributed by atoms with van der Waals surface area (Å²) in [6, 6.07) is 8.26. The van der Waals surface area contributed by atoms with Gasteiger partial charge >= 0.3 is 0 Å². The number of tetrazole rings is 1. The molecule has 2 aliphatic heterocycles. The molecule has 26 heavy (non-hydrogen) atoms. The van der Waals surface area contributed by atoms with Crippen LogP contribution in [0.4, 0.5) is 5.69 Å². The highest BCUT2D eigenvalue weighted by Gasteiger charge is 2.44. The molecule has 4 rings (SSSR count). The molecule has 1 spiro atoms. The van der Waals surface area contributed by atoms with E-state index >= 15 is 0 Å². The molecule has 0 radical (unpaired) electrons. The highest BCUT2D eigenvalue weighted by atomic mass is 16.2. The number of aromatic amines is 1. The van der Waals surface area contributed by atoms with Crippen molar-refractivity contribution < 1.29 is 4.79 Å². The molecule has 2 fully saturated rings. The van der Waals surface area contributed by atoms with Gasteiger partial charge in [-0.3, -0.25) is 4.79 Å². The van der Waals surface area contributed by atoms with Crippen molar-refractivity contribution in [2.75, 3.05) is 31.1 Å². The Balaban J connectivity index is 1.48. The molecule has 1 unspecified atom stereocenters. The van der Waals surface area contributed by atoms with Gasteiger partial charge in [-0.2, -0.15) is 0 Å². The van der Waals surface area contributed by atoms with E-state index in [1.165, 1.54) is 5.69 Å². The van der Waals surface area contributed by atoms with Gasteiger partial charge in [0.15, 0.2) is 5.82 Å². The number of hydrogen-bond acceptors (Lipinski definition) is 5. The summed E-state index contributed by atoms with van der Waals surface area (Å²) in [6.07, 6.45) is 5.00. The van der Waals surface area contributed by atoms with Gasteiger partial charge in [0, 0.05) is 49.3 Å². The second-order valence-corrected chi connectivity index (χ2v) is 7.61. The van der Waals surface area contributed by atoms with Crippen LogP contribution in [-0.4, -0.2) is 57.6 Å². The summed E-state index contributed by atoms with van der Waals surface area (Å²) in [5, 5.41) is 14.4. The van der Waals surface area contributed by atoms with Gasteiger partial charge in [0.2, 0.25) is 5.91 Å². The third kappa shape index (κ3) is 3.18. The van der Waals surface area contributed by atoms with Crippen LogP contribution in [-0.2, 0) is 4.79 Å². The Morgan fingerprint density at radius 1 is 1.23 bits per heavy atom. The van der Waals surface area contributed by atoms with E-state index in [2.05, 4.69) is 55.5 Å². The van der Waals surface area contributed by atoms with Crippen molar-refractivity contribution in [2.24, 2.45) is 5.41 Å². The first-order valence-corrected chi connectivity index (χ1v) is 9.57. The number of H-pyrrole nitrogens is 1. The highest BCUT2D eigenvalue weighted by Crippen LogP contribution is 2.43. The molecule has 0 bridgehead atoms. The van der Waals surface area contributed by atoms with Gasteiger partial charge in [0.1, 0.15) is 0 Å². The standard InChI is InChI=1S/C19H26N6O/c1-2-3-8-17(26)25-12-10-19(14-25)9-11-24(13-19)16-7-5-4-6-15(16)18-20-22-23-21-18/h4-7H,2-3,8-14H2,1H3,(H,20,21,22,23). The molecule has 1 aromatic heterocycles. The number of nitrogens with one attached hydrogen (secondary N) is 1. The maximum absolute atomic E-state index is 12.4. The zero-order chi connectivity index (χ0) is 18.0. The van der Waals surface area contributed by atoms with Crippen LogP contribution >= 0.6 is 0 Å². The molecule has 1 atom stereocenters. The van der Waals surface area contributed by atoms with E-state index in [-0.39, 0.29) is 5.41 Å². The number of benzene rings is 1. The van der Waals surface area contributed by atoms with Crippen molar-refractivity contribution >= 4 is 11.6 Å². The molecule has 2 saturated heterocycles. The molecular formula is C19H26N6O. The minimum atomic E-state index is 0.231. The van der Waals surface area contributed by atoms with E-state index in [4.69, 9.17) is 0 Å². The van der Waals surface area contributed by atoms with Crippen LogP contribution in [0.2, 0.25) is 0 Å². The molecule has 1 amide bonds. The lowest BCUT2D eigenvalue weighted by atomic mass is 9.86. The summed E-state index contributed by atoms with van der Waals surface area (Å²) in [4.78, 5) is 16.9. The maximum atomic E-state index is 12.4. The molecular weight excluding hydrogens is 328 g/mol. The molecule has 2 aliphatic rings. The van der Waals surface area contributed by atoms with Crippen LogP contribution in [0, 0.1) is 5.41 Å². The Morgan fingerprint density at radius 2 is 2.08 bits per heavy atom. The minimum absolute atomic E-state index is 0.231. The van der Waals surface area contributed by atoms with Crippen LogP contribution < -0.4 is 4.90 Å². The number of anilines is 1. The first kappa shape index (κ1) is 17.0. The fourth-order valence-corrected chi connectivity index (χ4v) is 4.33. The van der Waals surface area contributed by atoms with Gasteiger partial charge in [0.25, 0.3) is 0 Å². The van der Waals surface area contributed by atoms with E-state index in [1.54, 1.807) is 0 Å². The van der Waals surface area contributed by atoms with Crippen LogP contribution in [0.25, 0.3) is 11.4 Å². The predicted molar refractivity (Wildman–Crippen MR) is 99.6 cm³/mol. The Kier molecular flexibility index (Phi) is 4.61. The summed E-state index contributed by atoms with van der Waals surface area (Å²) in [5.41, 5.74) is 2.43. The van der Waals surface area contributed by atoms with E-state index < -0.39 is 0 Å². The molecule has 0 saturated carbocycles. The lowest BCUT2D eigenvalue weighted by molar-refractivity contribution is -0.130. The second kappa shape index (κ2) is 7.05. The normalized spacial score (nSPS) is 22.5. The van der Waals surface area contributed by atoms with E-state index in [0.29, 0.717) is 18.2 Å². The molecule has 138 valence electrons. The Bertz CT molecular complexity index is 761. The lowest BCUT2D eigenvalue weighted by Crippen LogP contribution is -2.34. The van der Waals surface area contributed by atoms with Crippen molar-refractivity contribution in [1.82, 2.24) is 25.5 Å². The molecule has 1 aromatic carbocycles. The van der Waals surface area contributed by atoms with Gasteiger partial charge < -0.3 is 9.80 Å². The average molecular weight is 354 g/mol. The van der Waals surface area contributed by atoms with Crippen molar-refractivity contribution in [1.29, 1.82) is 0 Å². The lowest BCUT2D eigenvalue weighted by Gasteiger charge is -2.26. The highest BCUT2D eigenvalue weighted by molar-refractivity contribution is 5.77. The van der Waals surface area contributed by atoms with Crippen molar-refractivity contribution in [3.8, 4) is 11.4 Å². The number of rotatable bonds is 5. The van der Waals surface area contributed by atoms with E-state index in [0.717, 1.165) is 57.4 Å². The van der Waals surface area contributed by atoms with Crippen LogP contribution in [0.1, 0.15) is 39.0 Å². The third-order valence-corrected chi connectivity index (χ3v) is 5.82. The Morgan fingerprint density at radius 3 is 2.88 bits per heavy atom. The Labute approximate surface area is 153 Å². The van der Waals surface area contributed by atoms with E-state index in [9.17, 15) is 4.79 Å². The predicted octanol–water partition coefficient (Wildman–Crippen LogP) is 2.49. The number of carbonyl (C=O) groups excluding carboxylic acids is 1. The van der Waals surface area contributed by atoms with Gasteiger partial charge in [-0.25, -0.2) is 5.10 Å². The number of para-hydroxylation sites is 1. The SMILES string of the molecule is CCCCC(=O)N1CCC2(CCN(c3ccccc3-c3nnn[nH]3)C2)C1. The molecule has 0 aliphatic carbocycles. The number of aromatic nitrogens is 4. The zero-order valence-corrected chi connectivity index (χ0v) is 15.3. The summed E-state index contributed by atoms with van der Waals surface area (Å²) < 4.78 is 0. The summed E-state index contributed by atoms with van der Waals surface area (Å²) in [7, 11) is 0. The van der Waals surface area contributed by atoms with Crippen molar-refractivity contribution in [2.45, 2.75) is 39.0 Å². The molecule has 2 aromatic rings. The number of likely N-dealkylation sites (tertiary alicyclic amines) is 1. The molecule has 3 heterocycles. The largest absolute Gasteiger partial charge is 0.370 e. The third-order valence-electron chi connectivity index (χ3n) is 5.82. The van der Waals surface area contributed by atoms with Crippen LogP contribution in [0.15, 0.2) is 24.3 Å². The molecule has 1 N–H and O–H groups in total. The van der Waals surface area contributed by atoms with Crippen molar-refractivity contribution in [3.05, 3.63) is 24.3 Å². The summed E-state index contributed by atoms with van der Waals surface area (Å²) in [6.45, 7) is 5.94. The number of carbonyl (C=O) groups is 1. The van der Waals surface area contributed by atoms with Crippen LogP contribution in [0.3, 0.4) is 0 Å². The second-order valence-electron chi connectivity index (χ2n) is 7.61. The van der Waals surface area contributed by atoms with Crippen LogP contribution in [0.5, 0.6) is 0 Å². The number of amides is 1. The fraction of sp³-hybridized carbons (Fsp3) is 0.579. The average Bonchev–Trinajstić information content (AvgIpc) is 3.42. The topological polar surface area (TPSA) is 78.0 Å². The van der Waals surface area contributed by atoms with E-state index in [1.807, 2.05) is 6.07 Å². The molecule has 7 heteroatoms. The fourth-order valence-electron chi connectivity index (χ4n) is 4.33. The van der Waals surface area contributed by atoms with Gasteiger partial charge in [-0.15, -0.1) is 5.10 Å². The smallest absolute Gasteiger partial charge is 0.222 e. The maximum Gasteiger partial charge on any atom is 0.222 e. The summed E-state index contributed by atoms with van der Waals surface area (Å²) in [5.74, 6) is 1.03. The monoisotopic (exact) mass is 354 g/mol. The first-order valence-electron chi connectivity index (χ1n) is 9.57. The minimum Gasteiger partial charge on any atom is -0.370 e. The number of nitrogens with zero attached hydrogens (tertiary/aromatic N) is 5. The molecule has 7 nitrogen and oxygen atoms in total. The first-order chi connectivity index (χ1) is 12.7. The quantitative estimate of drug-likeness (QED) is 0.892.